The predicted molar refractivity (Wildman–Crippen MR) is 76.4 cm³/mol. The van der Waals surface area contributed by atoms with E-state index in [0.717, 1.165) is 5.56 Å². The molecule has 2 nitrogen and oxygen atoms in total. The Morgan fingerprint density at radius 1 is 1.32 bits per heavy atom. The maximum Gasteiger partial charge on any atom is 0.228 e. The van der Waals surface area contributed by atoms with E-state index in [9.17, 15) is 9.18 Å². The summed E-state index contributed by atoms with van der Waals surface area (Å²) in [6, 6.07) is 3.10. The van der Waals surface area contributed by atoms with Crippen molar-refractivity contribution < 1.29 is 9.18 Å². The van der Waals surface area contributed by atoms with Crippen LogP contribution in [0.2, 0.25) is 0 Å². The van der Waals surface area contributed by atoms with E-state index in [2.05, 4.69) is 21.2 Å². The van der Waals surface area contributed by atoms with E-state index >= 15 is 0 Å². The van der Waals surface area contributed by atoms with Gasteiger partial charge in [0.15, 0.2) is 0 Å². The number of amides is 1. The van der Waals surface area contributed by atoms with Gasteiger partial charge in [0.05, 0.1) is 4.47 Å². The van der Waals surface area contributed by atoms with Gasteiger partial charge in [0.25, 0.3) is 0 Å². The Balaban J connectivity index is 1.76. The van der Waals surface area contributed by atoms with Crippen LogP contribution in [0.5, 0.6) is 0 Å². The summed E-state index contributed by atoms with van der Waals surface area (Å²) in [5, 5.41) is 2.92. The summed E-state index contributed by atoms with van der Waals surface area (Å²) >= 11 is 3.15. The Morgan fingerprint density at radius 3 is 2.42 bits per heavy atom. The molecule has 19 heavy (non-hydrogen) atoms. The fourth-order valence-corrected chi connectivity index (χ4v) is 3.18. The molecule has 0 aromatic heterocycles. The summed E-state index contributed by atoms with van der Waals surface area (Å²) in [5.41, 5.74) is 1.48. The van der Waals surface area contributed by atoms with Crippen molar-refractivity contribution in [1.82, 2.24) is 0 Å². The van der Waals surface area contributed by atoms with Crippen LogP contribution in [0.1, 0.15) is 31.2 Å². The third-order valence-electron chi connectivity index (χ3n) is 4.09. The lowest BCUT2D eigenvalue weighted by atomic mass is 9.96. The third-order valence-corrected chi connectivity index (χ3v) is 4.70. The molecule has 0 radical (unpaired) electrons. The molecule has 2 aliphatic carbocycles. The molecule has 0 bridgehead atoms. The van der Waals surface area contributed by atoms with Crippen LogP contribution in [0, 0.1) is 30.5 Å². The van der Waals surface area contributed by atoms with Gasteiger partial charge in [-0.25, -0.2) is 4.39 Å². The van der Waals surface area contributed by atoms with E-state index in [4.69, 9.17) is 0 Å². The van der Waals surface area contributed by atoms with Crippen LogP contribution in [-0.2, 0) is 4.79 Å². The summed E-state index contributed by atoms with van der Waals surface area (Å²) in [6.45, 7) is 1.88. The second-order valence-corrected chi connectivity index (χ2v) is 6.63. The molecule has 0 aliphatic heterocycles. The van der Waals surface area contributed by atoms with Crippen LogP contribution < -0.4 is 5.32 Å². The van der Waals surface area contributed by atoms with Crippen molar-refractivity contribution in [2.24, 2.45) is 17.8 Å². The SMILES string of the molecule is Cc1cc(Br)c(F)cc1NC(=O)C(C1CC1)C1CC1. The Labute approximate surface area is 120 Å². The van der Waals surface area contributed by atoms with E-state index in [1.165, 1.54) is 31.7 Å². The first-order valence-corrected chi connectivity index (χ1v) is 7.62. The lowest BCUT2D eigenvalue weighted by Gasteiger charge is -2.17. The van der Waals surface area contributed by atoms with Crippen LogP contribution in [0.4, 0.5) is 10.1 Å². The summed E-state index contributed by atoms with van der Waals surface area (Å²) in [4.78, 5) is 12.4. The minimum atomic E-state index is -0.338. The standard InChI is InChI=1S/C15H17BrFNO/c1-8-6-11(16)12(17)7-13(8)18-15(19)14(9-2-3-9)10-4-5-10/h6-7,9-10,14H,2-5H2,1H3,(H,18,19). The average Bonchev–Trinajstić information content (AvgIpc) is 3.20. The highest BCUT2D eigenvalue weighted by atomic mass is 79.9. The van der Waals surface area contributed by atoms with E-state index in [1.807, 2.05) is 6.92 Å². The van der Waals surface area contributed by atoms with Crippen molar-refractivity contribution in [3.05, 3.63) is 28.0 Å². The number of carbonyl (C=O) groups is 1. The molecule has 2 saturated carbocycles. The number of benzene rings is 1. The number of rotatable bonds is 4. The molecule has 1 aromatic rings. The third kappa shape index (κ3) is 2.83. The smallest absolute Gasteiger partial charge is 0.228 e. The van der Waals surface area contributed by atoms with Crippen molar-refractivity contribution in [2.45, 2.75) is 32.6 Å². The molecule has 1 aromatic carbocycles. The molecule has 4 heteroatoms. The average molecular weight is 326 g/mol. The fourth-order valence-electron chi connectivity index (χ4n) is 2.72. The molecule has 0 heterocycles. The fraction of sp³-hybridized carbons (Fsp3) is 0.533. The largest absolute Gasteiger partial charge is 0.325 e. The lowest BCUT2D eigenvalue weighted by Crippen LogP contribution is -2.26. The molecule has 0 saturated heterocycles. The number of aryl methyl sites for hydroxylation is 1. The minimum Gasteiger partial charge on any atom is -0.325 e. The highest BCUT2D eigenvalue weighted by molar-refractivity contribution is 9.10. The van der Waals surface area contributed by atoms with Gasteiger partial charge in [-0.2, -0.15) is 0 Å². The van der Waals surface area contributed by atoms with Gasteiger partial charge >= 0.3 is 0 Å². The van der Waals surface area contributed by atoms with Gasteiger partial charge in [-0.1, -0.05) is 0 Å². The van der Waals surface area contributed by atoms with Gasteiger partial charge in [-0.3, -0.25) is 4.79 Å². The van der Waals surface area contributed by atoms with Crippen molar-refractivity contribution in [3.8, 4) is 0 Å². The maximum absolute atomic E-state index is 13.6. The van der Waals surface area contributed by atoms with Gasteiger partial charge in [0, 0.05) is 11.6 Å². The number of hydrogen-bond donors (Lipinski definition) is 1. The Kier molecular flexibility index (Phi) is 3.37. The lowest BCUT2D eigenvalue weighted by molar-refractivity contribution is -0.121. The zero-order chi connectivity index (χ0) is 13.6. The van der Waals surface area contributed by atoms with E-state index in [1.54, 1.807) is 6.07 Å². The molecule has 3 rings (SSSR count). The van der Waals surface area contributed by atoms with Crippen molar-refractivity contribution in [2.75, 3.05) is 5.32 Å². The van der Waals surface area contributed by atoms with E-state index < -0.39 is 0 Å². The van der Waals surface area contributed by atoms with Crippen LogP contribution in [0.15, 0.2) is 16.6 Å². The van der Waals surface area contributed by atoms with Gasteiger partial charge in [-0.05, 0) is 78.1 Å². The second kappa shape index (κ2) is 4.89. The molecule has 0 unspecified atom stereocenters. The van der Waals surface area contributed by atoms with E-state index in [-0.39, 0.29) is 17.6 Å². The first-order chi connectivity index (χ1) is 9.06. The summed E-state index contributed by atoms with van der Waals surface area (Å²) < 4.78 is 14.0. The van der Waals surface area contributed by atoms with Gasteiger partial charge in [0.2, 0.25) is 5.91 Å². The summed E-state index contributed by atoms with van der Waals surface area (Å²) in [6.07, 6.45) is 4.68. The normalized spacial score (nSPS) is 18.7. The van der Waals surface area contributed by atoms with Crippen LogP contribution in [0.3, 0.4) is 0 Å². The zero-order valence-electron chi connectivity index (χ0n) is 10.9. The molecule has 102 valence electrons. The summed E-state index contributed by atoms with van der Waals surface area (Å²) in [5.74, 6) is 1.01. The monoisotopic (exact) mass is 325 g/mol. The number of halogens is 2. The molecule has 0 atom stereocenters. The Bertz CT molecular complexity index is 511. The van der Waals surface area contributed by atoms with Gasteiger partial charge in [0.1, 0.15) is 5.82 Å². The molecular weight excluding hydrogens is 309 g/mol. The minimum absolute atomic E-state index is 0.0785. The zero-order valence-corrected chi connectivity index (χ0v) is 12.5. The number of anilines is 1. The maximum atomic E-state index is 13.6. The molecular formula is C15H17BrFNO. The molecule has 1 amide bonds. The number of nitrogens with one attached hydrogen (secondary N) is 1. The second-order valence-electron chi connectivity index (χ2n) is 5.77. The molecule has 2 aliphatic rings. The van der Waals surface area contributed by atoms with Crippen molar-refractivity contribution >= 4 is 27.5 Å². The van der Waals surface area contributed by atoms with Crippen molar-refractivity contribution in [3.63, 3.8) is 0 Å². The Hall–Kier alpha value is -0.900. The van der Waals surface area contributed by atoms with Gasteiger partial charge in [-0.15, -0.1) is 0 Å². The van der Waals surface area contributed by atoms with E-state index in [0.29, 0.717) is 22.0 Å². The van der Waals surface area contributed by atoms with Crippen molar-refractivity contribution in [1.29, 1.82) is 0 Å². The summed E-state index contributed by atoms with van der Waals surface area (Å²) in [7, 11) is 0. The number of hydrogen-bond acceptors (Lipinski definition) is 1. The quantitative estimate of drug-likeness (QED) is 0.879. The predicted octanol–water partition coefficient (Wildman–Crippen LogP) is 4.27. The van der Waals surface area contributed by atoms with Gasteiger partial charge < -0.3 is 5.32 Å². The van der Waals surface area contributed by atoms with Crippen LogP contribution in [-0.4, -0.2) is 5.91 Å². The highest BCUT2D eigenvalue weighted by Crippen LogP contribution is 2.49. The Morgan fingerprint density at radius 2 is 1.89 bits per heavy atom. The number of carbonyl (C=O) groups excluding carboxylic acids is 1. The topological polar surface area (TPSA) is 29.1 Å². The molecule has 1 N–H and O–H groups in total. The molecule has 0 spiro atoms. The van der Waals surface area contributed by atoms with Crippen LogP contribution >= 0.6 is 15.9 Å². The highest BCUT2D eigenvalue weighted by Gasteiger charge is 2.45. The molecule has 2 fully saturated rings. The first kappa shape index (κ1) is 13.1. The first-order valence-electron chi connectivity index (χ1n) is 6.83. The van der Waals surface area contributed by atoms with Crippen LogP contribution in [0.25, 0.3) is 0 Å².